The van der Waals surface area contributed by atoms with Gasteiger partial charge in [0.15, 0.2) is 6.04 Å². The molecule has 1 aromatic carbocycles. The van der Waals surface area contributed by atoms with Crippen molar-refractivity contribution in [3.63, 3.8) is 0 Å². The zero-order valence-corrected chi connectivity index (χ0v) is 11.0. The lowest BCUT2D eigenvalue weighted by Gasteiger charge is -2.11. The summed E-state index contributed by atoms with van der Waals surface area (Å²) in [6, 6.07) is 7.59. The Morgan fingerprint density at radius 2 is 2.20 bits per heavy atom. The fourth-order valence-electron chi connectivity index (χ4n) is 1.71. The van der Waals surface area contributed by atoms with Crippen molar-refractivity contribution in [1.82, 2.24) is 4.98 Å². The Morgan fingerprint density at radius 1 is 1.40 bits per heavy atom. The van der Waals surface area contributed by atoms with Gasteiger partial charge in [0.2, 0.25) is 0 Å². The number of benzene rings is 1. The molecular formula is C14H15N3O3. The number of rotatable bonds is 4. The van der Waals surface area contributed by atoms with Crippen molar-refractivity contribution in [3.05, 3.63) is 36.5 Å². The first-order chi connectivity index (χ1) is 9.61. The minimum Gasteiger partial charge on any atom is -0.464 e. The average Bonchev–Trinajstić information content (AvgIpc) is 2.46. The maximum atomic E-state index is 11.8. The standard InChI is InChI=1S/C14H15N3O3/c1-2-20-14(19)12(15)13(18)17-10-5-6-11-9(8-10)4-3-7-16-11/h3-8,12H,2,15H2,1H3,(H,17,18). The molecule has 1 amide bonds. The smallest absolute Gasteiger partial charge is 0.332 e. The fourth-order valence-corrected chi connectivity index (χ4v) is 1.71. The summed E-state index contributed by atoms with van der Waals surface area (Å²) < 4.78 is 4.70. The molecule has 1 atom stereocenters. The molecule has 0 saturated heterocycles. The lowest BCUT2D eigenvalue weighted by Crippen LogP contribution is -2.43. The average molecular weight is 273 g/mol. The normalized spacial score (nSPS) is 11.9. The zero-order valence-electron chi connectivity index (χ0n) is 11.0. The fraction of sp³-hybridized carbons (Fsp3) is 0.214. The van der Waals surface area contributed by atoms with Crippen LogP contribution in [0.4, 0.5) is 5.69 Å². The Morgan fingerprint density at radius 3 is 2.95 bits per heavy atom. The zero-order chi connectivity index (χ0) is 14.5. The predicted molar refractivity (Wildman–Crippen MR) is 75.0 cm³/mol. The van der Waals surface area contributed by atoms with Crippen LogP contribution in [0.15, 0.2) is 36.5 Å². The summed E-state index contributed by atoms with van der Waals surface area (Å²) in [4.78, 5) is 27.4. The van der Waals surface area contributed by atoms with Gasteiger partial charge >= 0.3 is 5.97 Å². The van der Waals surface area contributed by atoms with Crippen LogP contribution in [0.3, 0.4) is 0 Å². The van der Waals surface area contributed by atoms with Crippen LogP contribution < -0.4 is 11.1 Å². The molecule has 104 valence electrons. The molecule has 0 fully saturated rings. The topological polar surface area (TPSA) is 94.3 Å². The Hall–Kier alpha value is -2.47. The summed E-state index contributed by atoms with van der Waals surface area (Å²) in [5.41, 5.74) is 6.88. The van der Waals surface area contributed by atoms with Gasteiger partial charge in [-0.3, -0.25) is 9.78 Å². The van der Waals surface area contributed by atoms with E-state index >= 15 is 0 Å². The van der Waals surface area contributed by atoms with Gasteiger partial charge in [-0.15, -0.1) is 0 Å². The number of fused-ring (bicyclic) bond motifs is 1. The molecule has 0 spiro atoms. The van der Waals surface area contributed by atoms with E-state index in [0.717, 1.165) is 10.9 Å². The lowest BCUT2D eigenvalue weighted by molar-refractivity contribution is -0.146. The second-order valence-corrected chi connectivity index (χ2v) is 4.13. The van der Waals surface area contributed by atoms with Gasteiger partial charge in [0.25, 0.3) is 5.91 Å². The number of nitrogens with two attached hydrogens (primary N) is 1. The number of ether oxygens (including phenoxy) is 1. The monoisotopic (exact) mass is 273 g/mol. The molecule has 1 aromatic heterocycles. The van der Waals surface area contributed by atoms with Crippen molar-refractivity contribution in [2.24, 2.45) is 5.73 Å². The molecule has 3 N–H and O–H groups in total. The lowest BCUT2D eigenvalue weighted by atomic mass is 10.2. The number of carbonyl (C=O) groups excluding carboxylic acids is 2. The minimum atomic E-state index is -1.33. The number of nitrogens with one attached hydrogen (secondary N) is 1. The van der Waals surface area contributed by atoms with Crippen LogP contribution in [0.5, 0.6) is 0 Å². The van der Waals surface area contributed by atoms with Gasteiger partial charge in [0, 0.05) is 17.3 Å². The molecule has 6 heteroatoms. The highest BCUT2D eigenvalue weighted by Gasteiger charge is 2.23. The first kappa shape index (κ1) is 14.0. The van der Waals surface area contributed by atoms with Crippen molar-refractivity contribution in [2.75, 3.05) is 11.9 Å². The summed E-state index contributed by atoms with van der Waals surface area (Å²) in [5, 5.41) is 3.46. The number of aromatic nitrogens is 1. The van der Waals surface area contributed by atoms with Gasteiger partial charge < -0.3 is 15.8 Å². The van der Waals surface area contributed by atoms with Crippen molar-refractivity contribution < 1.29 is 14.3 Å². The van der Waals surface area contributed by atoms with E-state index in [1.165, 1.54) is 0 Å². The van der Waals surface area contributed by atoms with Gasteiger partial charge in [0.05, 0.1) is 12.1 Å². The molecule has 0 aliphatic rings. The van der Waals surface area contributed by atoms with Crippen molar-refractivity contribution in [2.45, 2.75) is 13.0 Å². The first-order valence-corrected chi connectivity index (χ1v) is 6.19. The molecule has 0 saturated carbocycles. The Bertz CT molecular complexity index is 642. The molecule has 2 rings (SSSR count). The molecule has 2 aromatic rings. The maximum absolute atomic E-state index is 11.8. The van der Waals surface area contributed by atoms with Gasteiger partial charge in [-0.25, -0.2) is 4.79 Å². The Kier molecular flexibility index (Phi) is 4.27. The van der Waals surface area contributed by atoms with E-state index in [0.29, 0.717) is 5.69 Å². The third kappa shape index (κ3) is 3.10. The molecule has 0 aliphatic carbocycles. The molecule has 0 radical (unpaired) electrons. The minimum absolute atomic E-state index is 0.182. The quantitative estimate of drug-likeness (QED) is 0.641. The highest BCUT2D eigenvalue weighted by molar-refractivity contribution is 6.08. The summed E-state index contributed by atoms with van der Waals surface area (Å²) >= 11 is 0. The number of esters is 1. The second-order valence-electron chi connectivity index (χ2n) is 4.13. The van der Waals surface area contributed by atoms with Crippen LogP contribution >= 0.6 is 0 Å². The van der Waals surface area contributed by atoms with E-state index in [1.54, 1.807) is 37.4 Å². The third-order valence-corrected chi connectivity index (χ3v) is 2.69. The number of hydrogen-bond donors (Lipinski definition) is 2. The highest BCUT2D eigenvalue weighted by atomic mass is 16.5. The summed E-state index contributed by atoms with van der Waals surface area (Å²) in [5.74, 6) is -1.35. The van der Waals surface area contributed by atoms with E-state index in [2.05, 4.69) is 10.3 Å². The predicted octanol–water partition coefficient (Wildman–Crippen LogP) is 1.06. The molecule has 1 unspecified atom stereocenters. The van der Waals surface area contributed by atoms with E-state index in [4.69, 9.17) is 10.5 Å². The van der Waals surface area contributed by atoms with Crippen molar-refractivity contribution >= 4 is 28.5 Å². The number of amides is 1. The van der Waals surface area contributed by atoms with Crippen LogP contribution in [0, 0.1) is 0 Å². The van der Waals surface area contributed by atoms with Gasteiger partial charge in [-0.05, 0) is 31.2 Å². The van der Waals surface area contributed by atoms with Gasteiger partial charge in [0.1, 0.15) is 0 Å². The SMILES string of the molecule is CCOC(=O)C(N)C(=O)Nc1ccc2ncccc2c1. The van der Waals surface area contributed by atoms with Crippen LogP contribution in [0.2, 0.25) is 0 Å². The number of nitrogens with zero attached hydrogens (tertiary/aromatic N) is 1. The van der Waals surface area contributed by atoms with E-state index < -0.39 is 17.9 Å². The van der Waals surface area contributed by atoms with E-state index in [1.807, 2.05) is 6.07 Å². The molecule has 20 heavy (non-hydrogen) atoms. The van der Waals surface area contributed by atoms with Crippen LogP contribution in [-0.4, -0.2) is 29.5 Å². The maximum Gasteiger partial charge on any atom is 0.332 e. The van der Waals surface area contributed by atoms with E-state index in [-0.39, 0.29) is 6.61 Å². The summed E-state index contributed by atoms with van der Waals surface area (Å²) in [6.07, 6.45) is 1.69. The Balaban J connectivity index is 2.11. The molecule has 0 aliphatic heterocycles. The highest BCUT2D eigenvalue weighted by Crippen LogP contribution is 2.17. The van der Waals surface area contributed by atoms with Gasteiger partial charge in [-0.1, -0.05) is 6.07 Å². The van der Waals surface area contributed by atoms with Crippen LogP contribution in [-0.2, 0) is 14.3 Å². The second kappa shape index (κ2) is 6.12. The largest absolute Gasteiger partial charge is 0.464 e. The van der Waals surface area contributed by atoms with Gasteiger partial charge in [-0.2, -0.15) is 0 Å². The van der Waals surface area contributed by atoms with Crippen LogP contribution in [0.25, 0.3) is 10.9 Å². The number of pyridine rings is 1. The Labute approximate surface area is 115 Å². The third-order valence-electron chi connectivity index (χ3n) is 2.69. The summed E-state index contributed by atoms with van der Waals surface area (Å²) in [6.45, 7) is 1.83. The van der Waals surface area contributed by atoms with Crippen molar-refractivity contribution in [3.8, 4) is 0 Å². The number of anilines is 1. The molecule has 0 bridgehead atoms. The van der Waals surface area contributed by atoms with Crippen LogP contribution in [0.1, 0.15) is 6.92 Å². The molecule has 1 heterocycles. The molecule has 6 nitrogen and oxygen atoms in total. The van der Waals surface area contributed by atoms with Crippen molar-refractivity contribution in [1.29, 1.82) is 0 Å². The summed E-state index contributed by atoms with van der Waals surface area (Å²) in [7, 11) is 0. The first-order valence-electron chi connectivity index (χ1n) is 6.19. The number of carbonyl (C=O) groups is 2. The van der Waals surface area contributed by atoms with E-state index in [9.17, 15) is 9.59 Å². The molecular weight excluding hydrogens is 258 g/mol. The number of hydrogen-bond acceptors (Lipinski definition) is 5.